The van der Waals surface area contributed by atoms with E-state index in [1.54, 1.807) is 12.1 Å². The Hall–Kier alpha value is -2.16. The molecule has 2 aliphatic carbocycles. The highest BCUT2D eigenvalue weighted by molar-refractivity contribution is 5.78. The minimum absolute atomic E-state index is 0.147. The van der Waals surface area contributed by atoms with Crippen molar-refractivity contribution in [2.45, 2.75) is 19.3 Å². The van der Waals surface area contributed by atoms with Crippen LogP contribution in [0.4, 0.5) is 5.69 Å². The third-order valence-corrected chi connectivity index (χ3v) is 3.47. The number of nitrogens with zero attached hydrogens (tertiary/aromatic N) is 1. The van der Waals surface area contributed by atoms with E-state index in [2.05, 4.69) is 18.2 Å². The molecule has 0 aromatic heterocycles. The van der Waals surface area contributed by atoms with Gasteiger partial charge in [0.1, 0.15) is 0 Å². The Morgan fingerprint density at radius 3 is 2.78 bits per heavy atom. The third-order valence-electron chi connectivity index (χ3n) is 3.47. The lowest BCUT2D eigenvalue weighted by Crippen LogP contribution is -1.90. The molecule has 0 saturated heterocycles. The van der Waals surface area contributed by atoms with Crippen LogP contribution >= 0.6 is 0 Å². The van der Waals surface area contributed by atoms with Gasteiger partial charge >= 0.3 is 0 Å². The van der Waals surface area contributed by atoms with Crippen LogP contribution in [0.25, 0.3) is 5.57 Å². The third kappa shape index (κ3) is 1.99. The number of non-ortho nitro benzene ring substituents is 1. The largest absolute Gasteiger partial charge is 0.270 e. The number of hydrogen-bond donors (Lipinski definition) is 0. The number of fused-ring (bicyclic) bond motifs is 2. The second-order valence-electron chi connectivity index (χ2n) is 4.73. The van der Waals surface area contributed by atoms with E-state index in [1.165, 1.54) is 17.2 Å². The number of nitro benzene ring substituents is 1. The molecule has 3 heteroatoms. The molecule has 3 rings (SSSR count). The van der Waals surface area contributed by atoms with E-state index in [0.717, 1.165) is 30.4 Å². The fourth-order valence-electron chi connectivity index (χ4n) is 2.51. The maximum absolute atomic E-state index is 10.8. The molecule has 0 aliphatic heterocycles. The van der Waals surface area contributed by atoms with Gasteiger partial charge in [0, 0.05) is 12.1 Å². The normalized spacial score (nSPS) is 17.7. The van der Waals surface area contributed by atoms with Crippen molar-refractivity contribution >= 4 is 11.3 Å². The Kier molecular flexibility index (Phi) is 2.59. The molecular formula is C15H13NO2. The van der Waals surface area contributed by atoms with Crippen molar-refractivity contribution in [2.75, 3.05) is 0 Å². The van der Waals surface area contributed by atoms with E-state index < -0.39 is 0 Å². The Balaban J connectivity index is 2.03. The van der Waals surface area contributed by atoms with E-state index in [-0.39, 0.29) is 10.6 Å². The molecule has 0 N–H and O–H groups in total. The first-order valence-corrected chi connectivity index (χ1v) is 6.06. The summed E-state index contributed by atoms with van der Waals surface area (Å²) < 4.78 is 0. The van der Waals surface area contributed by atoms with Crippen LogP contribution in [-0.4, -0.2) is 4.92 Å². The van der Waals surface area contributed by atoms with Crippen LogP contribution in [-0.2, 0) is 0 Å². The zero-order valence-electron chi connectivity index (χ0n) is 9.93. The first-order chi connectivity index (χ1) is 8.72. The summed E-state index contributed by atoms with van der Waals surface area (Å²) in [6.45, 7) is 0. The zero-order chi connectivity index (χ0) is 12.5. The van der Waals surface area contributed by atoms with Gasteiger partial charge in [-0.1, -0.05) is 41.5 Å². The molecule has 90 valence electrons. The fourth-order valence-corrected chi connectivity index (χ4v) is 2.51. The van der Waals surface area contributed by atoms with Crippen LogP contribution in [0.5, 0.6) is 0 Å². The number of benzene rings is 1. The van der Waals surface area contributed by atoms with E-state index >= 15 is 0 Å². The highest BCUT2D eigenvalue weighted by atomic mass is 16.6. The summed E-state index contributed by atoms with van der Waals surface area (Å²) in [7, 11) is 0. The van der Waals surface area contributed by atoms with Crippen LogP contribution in [0.2, 0.25) is 0 Å². The molecule has 0 radical (unpaired) electrons. The Morgan fingerprint density at radius 2 is 1.94 bits per heavy atom. The lowest BCUT2D eigenvalue weighted by molar-refractivity contribution is -0.384. The van der Waals surface area contributed by atoms with Crippen molar-refractivity contribution in [1.29, 1.82) is 0 Å². The average molecular weight is 239 g/mol. The van der Waals surface area contributed by atoms with Crippen molar-refractivity contribution in [1.82, 2.24) is 0 Å². The SMILES string of the molecule is O=[N+]([O-])c1cccc(C2=CC=C3CCC(=C2)C3)c1. The van der Waals surface area contributed by atoms with Crippen LogP contribution in [0.3, 0.4) is 0 Å². The number of rotatable bonds is 2. The monoisotopic (exact) mass is 239 g/mol. The highest BCUT2D eigenvalue weighted by Crippen LogP contribution is 2.35. The highest BCUT2D eigenvalue weighted by Gasteiger charge is 2.16. The van der Waals surface area contributed by atoms with E-state index in [0.29, 0.717) is 0 Å². The number of hydrogen-bond acceptors (Lipinski definition) is 2. The number of nitro groups is 1. The molecule has 3 nitrogen and oxygen atoms in total. The van der Waals surface area contributed by atoms with Crippen LogP contribution in [0.15, 0.2) is 53.6 Å². The Morgan fingerprint density at radius 1 is 1.11 bits per heavy atom. The second-order valence-corrected chi connectivity index (χ2v) is 4.73. The average Bonchev–Trinajstić information content (AvgIpc) is 2.69. The topological polar surface area (TPSA) is 43.1 Å². The summed E-state index contributed by atoms with van der Waals surface area (Å²) in [6, 6.07) is 6.83. The molecule has 1 saturated carbocycles. The molecule has 1 fully saturated rings. The molecule has 1 aromatic carbocycles. The Labute approximate surface area is 105 Å². The van der Waals surface area contributed by atoms with Gasteiger partial charge in [0.05, 0.1) is 4.92 Å². The summed E-state index contributed by atoms with van der Waals surface area (Å²) in [5.74, 6) is 0. The van der Waals surface area contributed by atoms with Gasteiger partial charge < -0.3 is 0 Å². The predicted molar refractivity (Wildman–Crippen MR) is 71.1 cm³/mol. The first-order valence-electron chi connectivity index (χ1n) is 6.06. The molecule has 0 amide bonds. The standard InChI is InChI=1S/C15H13NO2/c17-16(18)15-3-1-2-13(10-15)14-7-6-11-4-5-12(8-11)9-14/h1-3,6-7,9-10H,4-5,8H2. The summed E-state index contributed by atoms with van der Waals surface area (Å²) >= 11 is 0. The van der Waals surface area contributed by atoms with Gasteiger partial charge in [0.15, 0.2) is 0 Å². The Bertz CT molecular complexity index is 609. The lowest BCUT2D eigenvalue weighted by Gasteiger charge is -2.03. The van der Waals surface area contributed by atoms with E-state index in [9.17, 15) is 10.1 Å². The van der Waals surface area contributed by atoms with Crippen molar-refractivity contribution in [3.05, 3.63) is 69.3 Å². The van der Waals surface area contributed by atoms with Crippen molar-refractivity contribution in [2.24, 2.45) is 0 Å². The lowest BCUT2D eigenvalue weighted by atomic mass is 10.0. The van der Waals surface area contributed by atoms with Gasteiger partial charge in [-0.15, -0.1) is 0 Å². The maximum Gasteiger partial charge on any atom is 0.270 e. The predicted octanol–water partition coefficient (Wildman–Crippen LogP) is 4.03. The zero-order valence-corrected chi connectivity index (χ0v) is 9.93. The van der Waals surface area contributed by atoms with E-state index in [4.69, 9.17) is 0 Å². The smallest absolute Gasteiger partial charge is 0.258 e. The fraction of sp³-hybridized carbons (Fsp3) is 0.200. The van der Waals surface area contributed by atoms with Crippen LogP contribution in [0, 0.1) is 10.1 Å². The molecule has 0 spiro atoms. The molecule has 2 bridgehead atoms. The van der Waals surface area contributed by atoms with Crippen molar-refractivity contribution in [3.8, 4) is 0 Å². The molecule has 0 atom stereocenters. The summed E-state index contributed by atoms with van der Waals surface area (Å²) in [5.41, 5.74) is 5.02. The van der Waals surface area contributed by atoms with Gasteiger partial charge in [-0.05, 0) is 30.4 Å². The molecule has 1 aromatic rings. The summed E-state index contributed by atoms with van der Waals surface area (Å²) in [6.07, 6.45) is 9.75. The minimum Gasteiger partial charge on any atom is -0.258 e. The molecular weight excluding hydrogens is 226 g/mol. The quantitative estimate of drug-likeness (QED) is 0.577. The van der Waals surface area contributed by atoms with E-state index in [1.807, 2.05) is 6.07 Å². The second kappa shape index (κ2) is 4.26. The van der Waals surface area contributed by atoms with Gasteiger partial charge in [-0.2, -0.15) is 0 Å². The van der Waals surface area contributed by atoms with Gasteiger partial charge in [0.2, 0.25) is 0 Å². The first kappa shape index (κ1) is 11.0. The summed E-state index contributed by atoms with van der Waals surface area (Å²) in [4.78, 5) is 10.4. The molecule has 0 unspecified atom stereocenters. The molecule has 0 heterocycles. The van der Waals surface area contributed by atoms with Crippen molar-refractivity contribution < 1.29 is 4.92 Å². The minimum atomic E-state index is -0.349. The van der Waals surface area contributed by atoms with Crippen LogP contribution in [0.1, 0.15) is 24.8 Å². The van der Waals surface area contributed by atoms with Crippen molar-refractivity contribution in [3.63, 3.8) is 0 Å². The summed E-state index contributed by atoms with van der Waals surface area (Å²) in [5, 5.41) is 10.8. The number of allylic oxidation sites excluding steroid dienone is 6. The molecule has 18 heavy (non-hydrogen) atoms. The van der Waals surface area contributed by atoms with Gasteiger partial charge in [0.25, 0.3) is 5.69 Å². The van der Waals surface area contributed by atoms with Gasteiger partial charge in [-0.3, -0.25) is 10.1 Å². The van der Waals surface area contributed by atoms with Crippen LogP contribution < -0.4 is 0 Å². The molecule has 2 aliphatic rings. The maximum atomic E-state index is 10.8. The van der Waals surface area contributed by atoms with Gasteiger partial charge in [-0.25, -0.2) is 0 Å².